The zero-order valence-electron chi connectivity index (χ0n) is 5.47. The highest BCUT2D eigenvalue weighted by atomic mass is 79.9. The second kappa shape index (κ2) is 2.34. The summed E-state index contributed by atoms with van der Waals surface area (Å²) in [4.78, 5) is 0. The highest BCUT2D eigenvalue weighted by Crippen LogP contribution is 2.26. The third kappa shape index (κ3) is 1.05. The zero-order valence-corrected chi connectivity index (χ0v) is 7.06. The van der Waals surface area contributed by atoms with Crippen LogP contribution >= 0.6 is 15.9 Å². The monoisotopic (exact) mass is 214 g/mol. The Hall–Kier alpha value is -0.830. The molecule has 0 aliphatic rings. The van der Waals surface area contributed by atoms with E-state index >= 15 is 0 Å². The van der Waals surface area contributed by atoms with Gasteiger partial charge in [0.15, 0.2) is 4.67 Å². The highest BCUT2D eigenvalue weighted by molar-refractivity contribution is 9.10. The van der Waals surface area contributed by atoms with Gasteiger partial charge in [-0.2, -0.15) is 0 Å². The van der Waals surface area contributed by atoms with Gasteiger partial charge in [0.1, 0.15) is 5.82 Å². The van der Waals surface area contributed by atoms with E-state index in [-0.39, 0.29) is 5.82 Å². The summed E-state index contributed by atoms with van der Waals surface area (Å²) in [5.41, 5.74) is 0. The molecule has 0 radical (unpaired) electrons. The Morgan fingerprint density at radius 3 is 3.00 bits per heavy atom. The lowest BCUT2D eigenvalue weighted by molar-refractivity contribution is 0.546. The summed E-state index contributed by atoms with van der Waals surface area (Å²) in [6.07, 6.45) is 1.58. The summed E-state index contributed by atoms with van der Waals surface area (Å²) < 4.78 is 18.2. The molecule has 0 aliphatic carbocycles. The molecule has 1 aromatic heterocycles. The normalized spacial score (nSPS) is 10.7. The van der Waals surface area contributed by atoms with E-state index in [1.165, 1.54) is 12.1 Å². The summed E-state index contributed by atoms with van der Waals surface area (Å²) in [5.74, 6) is -0.250. The molecule has 0 N–H and O–H groups in total. The van der Waals surface area contributed by atoms with Gasteiger partial charge in [0.05, 0.1) is 6.26 Å². The maximum absolute atomic E-state index is 12.6. The Morgan fingerprint density at radius 1 is 1.36 bits per heavy atom. The van der Waals surface area contributed by atoms with Crippen LogP contribution in [0.25, 0.3) is 10.8 Å². The van der Waals surface area contributed by atoms with Gasteiger partial charge in [-0.15, -0.1) is 0 Å². The Labute approximate surface area is 70.9 Å². The second-order valence-corrected chi connectivity index (χ2v) is 2.96. The number of hydrogen-bond donors (Lipinski definition) is 0. The maximum atomic E-state index is 12.6. The van der Waals surface area contributed by atoms with Gasteiger partial charge in [-0.05, 0) is 34.1 Å². The highest BCUT2D eigenvalue weighted by Gasteiger charge is 2.02. The fourth-order valence-electron chi connectivity index (χ4n) is 0.980. The summed E-state index contributed by atoms with van der Waals surface area (Å²) in [7, 11) is 0. The van der Waals surface area contributed by atoms with E-state index < -0.39 is 0 Å². The molecule has 0 spiro atoms. The van der Waals surface area contributed by atoms with Crippen LogP contribution in [-0.2, 0) is 0 Å². The van der Waals surface area contributed by atoms with E-state index in [1.54, 1.807) is 12.3 Å². The van der Waals surface area contributed by atoms with Gasteiger partial charge in [-0.3, -0.25) is 0 Å². The lowest BCUT2D eigenvalue weighted by Gasteiger charge is -1.87. The molecule has 0 fully saturated rings. The standard InChI is InChI=1S/C8H4BrFO/c9-8-7-3-6(10)2-1-5(7)4-11-8/h1-4H. The minimum atomic E-state index is -0.250. The molecule has 1 nitrogen and oxygen atoms in total. The van der Waals surface area contributed by atoms with Crippen molar-refractivity contribution in [3.63, 3.8) is 0 Å². The van der Waals surface area contributed by atoms with E-state index in [0.29, 0.717) is 4.67 Å². The lowest BCUT2D eigenvalue weighted by Crippen LogP contribution is -1.70. The quantitative estimate of drug-likeness (QED) is 0.656. The van der Waals surface area contributed by atoms with Crippen molar-refractivity contribution in [1.82, 2.24) is 0 Å². The number of fused-ring (bicyclic) bond motifs is 1. The van der Waals surface area contributed by atoms with Gasteiger partial charge in [0, 0.05) is 10.8 Å². The zero-order chi connectivity index (χ0) is 7.84. The van der Waals surface area contributed by atoms with Crippen LogP contribution in [0.1, 0.15) is 0 Å². The van der Waals surface area contributed by atoms with Crippen LogP contribution in [0.2, 0.25) is 0 Å². The summed E-state index contributed by atoms with van der Waals surface area (Å²) in [5, 5.41) is 1.67. The Bertz CT molecular complexity index is 394. The predicted octanol–water partition coefficient (Wildman–Crippen LogP) is 3.33. The van der Waals surface area contributed by atoms with Crippen molar-refractivity contribution in [2.24, 2.45) is 0 Å². The topological polar surface area (TPSA) is 13.1 Å². The van der Waals surface area contributed by atoms with Crippen LogP contribution < -0.4 is 0 Å². The van der Waals surface area contributed by atoms with Crippen molar-refractivity contribution in [3.8, 4) is 0 Å². The molecule has 2 rings (SSSR count). The Kier molecular flexibility index (Phi) is 1.46. The van der Waals surface area contributed by atoms with Gasteiger partial charge >= 0.3 is 0 Å². The molecule has 1 heterocycles. The van der Waals surface area contributed by atoms with Gasteiger partial charge in [-0.25, -0.2) is 4.39 Å². The first kappa shape index (κ1) is 6.85. The van der Waals surface area contributed by atoms with E-state index in [0.717, 1.165) is 10.8 Å². The van der Waals surface area contributed by atoms with Crippen molar-refractivity contribution >= 4 is 26.7 Å². The van der Waals surface area contributed by atoms with E-state index in [2.05, 4.69) is 15.9 Å². The van der Waals surface area contributed by atoms with Crippen molar-refractivity contribution in [3.05, 3.63) is 34.9 Å². The maximum Gasteiger partial charge on any atom is 0.176 e. The van der Waals surface area contributed by atoms with Crippen LogP contribution in [0.3, 0.4) is 0 Å². The first-order chi connectivity index (χ1) is 5.27. The summed E-state index contributed by atoms with van der Waals surface area (Å²) in [6.45, 7) is 0. The van der Waals surface area contributed by atoms with E-state index in [4.69, 9.17) is 4.42 Å². The molecule has 0 atom stereocenters. The number of benzene rings is 1. The minimum Gasteiger partial charge on any atom is -0.456 e. The first-order valence-corrected chi connectivity index (χ1v) is 3.89. The smallest absolute Gasteiger partial charge is 0.176 e. The summed E-state index contributed by atoms with van der Waals surface area (Å²) in [6, 6.07) is 4.52. The predicted molar refractivity (Wildman–Crippen MR) is 43.9 cm³/mol. The van der Waals surface area contributed by atoms with Crippen molar-refractivity contribution in [1.29, 1.82) is 0 Å². The average molecular weight is 215 g/mol. The number of rotatable bonds is 0. The number of halogens is 2. The van der Waals surface area contributed by atoms with Crippen LogP contribution in [0.15, 0.2) is 33.5 Å². The third-order valence-corrected chi connectivity index (χ3v) is 2.13. The van der Waals surface area contributed by atoms with E-state index in [1.807, 2.05) is 0 Å². The average Bonchev–Trinajstić information content (AvgIpc) is 2.33. The first-order valence-electron chi connectivity index (χ1n) is 3.09. The fourth-order valence-corrected chi connectivity index (χ4v) is 1.42. The lowest BCUT2D eigenvalue weighted by atomic mass is 10.2. The summed E-state index contributed by atoms with van der Waals surface area (Å²) >= 11 is 3.17. The van der Waals surface area contributed by atoms with Crippen LogP contribution in [0.5, 0.6) is 0 Å². The molecular formula is C8H4BrFO. The molecule has 3 heteroatoms. The minimum absolute atomic E-state index is 0.250. The largest absolute Gasteiger partial charge is 0.456 e. The second-order valence-electron chi connectivity index (χ2n) is 2.24. The molecule has 11 heavy (non-hydrogen) atoms. The fraction of sp³-hybridized carbons (Fsp3) is 0. The Balaban J connectivity index is 2.87. The van der Waals surface area contributed by atoms with Crippen molar-refractivity contribution < 1.29 is 8.81 Å². The molecule has 56 valence electrons. The van der Waals surface area contributed by atoms with Gasteiger partial charge in [0.2, 0.25) is 0 Å². The van der Waals surface area contributed by atoms with Crippen LogP contribution in [0, 0.1) is 5.82 Å². The van der Waals surface area contributed by atoms with Crippen molar-refractivity contribution in [2.75, 3.05) is 0 Å². The van der Waals surface area contributed by atoms with Gasteiger partial charge in [-0.1, -0.05) is 0 Å². The molecular weight excluding hydrogens is 211 g/mol. The number of furan rings is 1. The SMILES string of the molecule is Fc1ccc2coc(Br)c2c1. The van der Waals surface area contributed by atoms with Crippen molar-refractivity contribution in [2.45, 2.75) is 0 Å². The van der Waals surface area contributed by atoms with Crippen LogP contribution in [0.4, 0.5) is 4.39 Å². The van der Waals surface area contributed by atoms with Gasteiger partial charge in [0.25, 0.3) is 0 Å². The molecule has 0 saturated heterocycles. The number of hydrogen-bond acceptors (Lipinski definition) is 1. The Morgan fingerprint density at radius 2 is 2.18 bits per heavy atom. The molecule has 0 amide bonds. The third-order valence-electron chi connectivity index (χ3n) is 1.52. The molecule has 0 saturated carbocycles. The molecule has 0 aliphatic heterocycles. The molecule has 0 bridgehead atoms. The molecule has 2 aromatic rings. The molecule has 0 unspecified atom stereocenters. The van der Waals surface area contributed by atoms with Gasteiger partial charge < -0.3 is 4.42 Å². The van der Waals surface area contributed by atoms with E-state index in [9.17, 15) is 4.39 Å². The van der Waals surface area contributed by atoms with Crippen LogP contribution in [-0.4, -0.2) is 0 Å². The molecule has 1 aromatic carbocycles.